The van der Waals surface area contributed by atoms with Crippen LogP contribution >= 0.6 is 0 Å². The van der Waals surface area contributed by atoms with Gasteiger partial charge in [-0.15, -0.1) is 0 Å². The highest BCUT2D eigenvalue weighted by molar-refractivity contribution is 5.76. The molecular weight excluding hydrogens is 228 g/mol. The number of nitrogens with two attached hydrogens (primary N) is 1. The topological polar surface area (TPSA) is 64.3 Å². The van der Waals surface area contributed by atoms with Crippen molar-refractivity contribution in [1.82, 2.24) is 5.32 Å². The largest absolute Gasteiger partial charge is 0.383 e. The van der Waals surface area contributed by atoms with Gasteiger partial charge >= 0.3 is 0 Å². The molecule has 4 heteroatoms. The molecule has 0 radical (unpaired) electrons. The minimum atomic E-state index is 0.165. The van der Waals surface area contributed by atoms with Crippen molar-refractivity contribution in [2.75, 3.05) is 13.7 Å². The van der Waals surface area contributed by atoms with Crippen LogP contribution in [-0.4, -0.2) is 31.7 Å². The predicted octanol–water partition coefficient (Wildman–Crippen LogP) is 1.83. The maximum atomic E-state index is 12.0. The summed E-state index contributed by atoms with van der Waals surface area (Å²) in [6.45, 7) is 2.73. The van der Waals surface area contributed by atoms with Crippen molar-refractivity contribution in [2.45, 2.75) is 64.0 Å². The number of carbonyl (C=O) groups is 1. The number of carbonyl (C=O) groups excluding carboxylic acids is 1. The molecule has 106 valence electrons. The molecule has 1 aliphatic carbocycles. The summed E-state index contributed by atoms with van der Waals surface area (Å²) < 4.78 is 5.13. The average molecular weight is 256 g/mol. The first-order chi connectivity index (χ1) is 8.65. The van der Waals surface area contributed by atoms with Crippen LogP contribution in [0, 0.1) is 5.92 Å². The minimum Gasteiger partial charge on any atom is -0.383 e. The van der Waals surface area contributed by atoms with E-state index >= 15 is 0 Å². The third kappa shape index (κ3) is 5.83. The fraction of sp³-hybridized carbons (Fsp3) is 0.929. The van der Waals surface area contributed by atoms with Crippen LogP contribution in [0.15, 0.2) is 0 Å². The van der Waals surface area contributed by atoms with Gasteiger partial charge in [-0.3, -0.25) is 4.79 Å². The number of hydrogen-bond acceptors (Lipinski definition) is 3. The van der Waals surface area contributed by atoms with E-state index in [4.69, 9.17) is 10.5 Å². The van der Waals surface area contributed by atoms with Crippen LogP contribution in [0.3, 0.4) is 0 Å². The Morgan fingerprint density at radius 2 is 2.06 bits per heavy atom. The highest BCUT2D eigenvalue weighted by atomic mass is 16.5. The number of hydrogen-bond donors (Lipinski definition) is 2. The maximum absolute atomic E-state index is 12.0. The number of ether oxygens (including phenoxy) is 1. The Morgan fingerprint density at radius 3 is 2.61 bits per heavy atom. The Labute approximate surface area is 111 Å². The highest BCUT2D eigenvalue weighted by Gasteiger charge is 2.21. The van der Waals surface area contributed by atoms with Gasteiger partial charge in [0, 0.05) is 19.6 Å². The Hall–Kier alpha value is -0.610. The molecule has 3 N–H and O–H groups in total. The molecule has 0 saturated heterocycles. The standard InChI is InChI=1S/C14H28N2O2/c1-3-4-13(10-18-2)16-14(17)9-11-5-7-12(15)8-6-11/h11-13H,3-10,15H2,1-2H3,(H,16,17). The van der Waals surface area contributed by atoms with Gasteiger partial charge in [-0.2, -0.15) is 0 Å². The van der Waals surface area contributed by atoms with Crippen molar-refractivity contribution >= 4 is 5.91 Å². The average Bonchev–Trinajstić information content (AvgIpc) is 2.33. The van der Waals surface area contributed by atoms with E-state index in [1.54, 1.807) is 7.11 Å². The third-order valence-corrected chi connectivity index (χ3v) is 3.74. The van der Waals surface area contributed by atoms with Crippen LogP contribution in [0.5, 0.6) is 0 Å². The lowest BCUT2D eigenvalue weighted by atomic mass is 9.84. The van der Waals surface area contributed by atoms with Crippen LogP contribution in [-0.2, 0) is 9.53 Å². The second kappa shape index (κ2) is 8.48. The smallest absolute Gasteiger partial charge is 0.220 e. The Balaban J connectivity index is 2.26. The maximum Gasteiger partial charge on any atom is 0.220 e. The van der Waals surface area contributed by atoms with E-state index in [2.05, 4.69) is 12.2 Å². The van der Waals surface area contributed by atoms with Gasteiger partial charge in [0.05, 0.1) is 12.6 Å². The zero-order valence-electron chi connectivity index (χ0n) is 11.8. The molecule has 4 nitrogen and oxygen atoms in total. The van der Waals surface area contributed by atoms with Gasteiger partial charge in [-0.05, 0) is 38.0 Å². The second-order valence-corrected chi connectivity index (χ2v) is 5.49. The predicted molar refractivity (Wildman–Crippen MR) is 73.3 cm³/mol. The molecule has 0 aromatic heterocycles. The summed E-state index contributed by atoms with van der Waals surface area (Å²) in [5, 5.41) is 3.08. The summed E-state index contributed by atoms with van der Waals surface area (Å²) in [5.41, 5.74) is 5.87. The van der Waals surface area contributed by atoms with Crippen molar-refractivity contribution in [2.24, 2.45) is 11.7 Å². The van der Waals surface area contributed by atoms with Gasteiger partial charge < -0.3 is 15.8 Å². The number of rotatable bonds is 7. The lowest BCUT2D eigenvalue weighted by Crippen LogP contribution is -2.39. The SMILES string of the molecule is CCCC(COC)NC(=O)CC1CCC(N)CC1. The summed E-state index contributed by atoms with van der Waals surface area (Å²) in [6.07, 6.45) is 7.01. The molecule has 0 aromatic carbocycles. The fourth-order valence-electron chi connectivity index (χ4n) is 2.69. The van der Waals surface area contributed by atoms with Gasteiger partial charge in [0.15, 0.2) is 0 Å². The third-order valence-electron chi connectivity index (χ3n) is 3.74. The molecule has 0 aromatic rings. The number of amides is 1. The Morgan fingerprint density at radius 1 is 1.39 bits per heavy atom. The van der Waals surface area contributed by atoms with E-state index in [0.717, 1.165) is 38.5 Å². The summed E-state index contributed by atoms with van der Waals surface area (Å²) in [4.78, 5) is 12.0. The zero-order valence-corrected chi connectivity index (χ0v) is 11.8. The second-order valence-electron chi connectivity index (χ2n) is 5.49. The molecular formula is C14H28N2O2. The summed E-state index contributed by atoms with van der Waals surface area (Å²) in [5.74, 6) is 0.695. The van der Waals surface area contributed by atoms with Gasteiger partial charge in [0.25, 0.3) is 0 Å². The lowest BCUT2D eigenvalue weighted by molar-refractivity contribution is -0.123. The van der Waals surface area contributed by atoms with Crippen LogP contribution in [0.1, 0.15) is 51.9 Å². The Kier molecular flexibility index (Phi) is 7.28. The van der Waals surface area contributed by atoms with Crippen LogP contribution in [0.25, 0.3) is 0 Å². The van der Waals surface area contributed by atoms with Crippen molar-refractivity contribution in [3.63, 3.8) is 0 Å². The van der Waals surface area contributed by atoms with Crippen molar-refractivity contribution < 1.29 is 9.53 Å². The van der Waals surface area contributed by atoms with Gasteiger partial charge in [0.2, 0.25) is 5.91 Å². The van der Waals surface area contributed by atoms with E-state index < -0.39 is 0 Å². The lowest BCUT2D eigenvalue weighted by Gasteiger charge is -2.26. The molecule has 18 heavy (non-hydrogen) atoms. The summed E-state index contributed by atoms with van der Waals surface area (Å²) in [6, 6.07) is 0.518. The molecule has 1 amide bonds. The molecule has 0 heterocycles. The first-order valence-corrected chi connectivity index (χ1v) is 7.19. The van der Waals surface area contributed by atoms with Gasteiger partial charge in [-0.25, -0.2) is 0 Å². The molecule has 1 atom stereocenters. The highest BCUT2D eigenvalue weighted by Crippen LogP contribution is 2.25. The van der Waals surface area contributed by atoms with E-state index in [-0.39, 0.29) is 11.9 Å². The van der Waals surface area contributed by atoms with E-state index in [9.17, 15) is 4.79 Å². The van der Waals surface area contributed by atoms with Gasteiger partial charge in [0.1, 0.15) is 0 Å². The summed E-state index contributed by atoms with van der Waals surface area (Å²) >= 11 is 0. The molecule has 0 aliphatic heterocycles. The molecule has 0 bridgehead atoms. The molecule has 1 aliphatic rings. The van der Waals surface area contributed by atoms with Gasteiger partial charge in [-0.1, -0.05) is 13.3 Å². The fourth-order valence-corrected chi connectivity index (χ4v) is 2.69. The van der Waals surface area contributed by atoms with E-state index in [1.807, 2.05) is 0 Å². The van der Waals surface area contributed by atoms with Crippen LogP contribution < -0.4 is 11.1 Å². The molecule has 1 fully saturated rings. The van der Waals surface area contributed by atoms with Crippen LogP contribution in [0.2, 0.25) is 0 Å². The molecule has 0 spiro atoms. The first kappa shape index (κ1) is 15.4. The quantitative estimate of drug-likeness (QED) is 0.730. The van der Waals surface area contributed by atoms with Crippen molar-refractivity contribution in [1.29, 1.82) is 0 Å². The number of methoxy groups -OCH3 is 1. The van der Waals surface area contributed by atoms with Crippen LogP contribution in [0.4, 0.5) is 0 Å². The monoisotopic (exact) mass is 256 g/mol. The Bertz CT molecular complexity index is 232. The molecule has 1 rings (SSSR count). The van der Waals surface area contributed by atoms with Crippen molar-refractivity contribution in [3.05, 3.63) is 0 Å². The zero-order chi connectivity index (χ0) is 13.4. The minimum absolute atomic E-state index is 0.165. The molecule has 1 saturated carbocycles. The molecule has 1 unspecified atom stereocenters. The van der Waals surface area contributed by atoms with E-state index in [0.29, 0.717) is 25.0 Å². The number of nitrogens with one attached hydrogen (secondary N) is 1. The van der Waals surface area contributed by atoms with E-state index in [1.165, 1.54) is 0 Å². The summed E-state index contributed by atoms with van der Waals surface area (Å²) in [7, 11) is 1.68. The normalized spacial score (nSPS) is 25.7. The van der Waals surface area contributed by atoms with Crippen molar-refractivity contribution in [3.8, 4) is 0 Å². The first-order valence-electron chi connectivity index (χ1n) is 7.19.